The van der Waals surface area contributed by atoms with Crippen molar-refractivity contribution in [3.8, 4) is 5.75 Å². The van der Waals surface area contributed by atoms with Crippen LogP contribution in [0.3, 0.4) is 0 Å². The molecule has 0 fully saturated rings. The summed E-state index contributed by atoms with van der Waals surface area (Å²) in [6.45, 7) is 3.64. The maximum atomic E-state index is 11.5. The van der Waals surface area contributed by atoms with Crippen molar-refractivity contribution in [2.45, 2.75) is 20.0 Å². The molecule has 28 heavy (non-hydrogen) atoms. The van der Waals surface area contributed by atoms with Crippen molar-refractivity contribution in [1.82, 2.24) is 30.3 Å². The Kier molecular flexibility index (Phi) is 10.3. The number of ether oxygens (including phenoxy) is 1. The lowest BCUT2D eigenvalue weighted by molar-refractivity contribution is -0.122. The molecule has 0 aliphatic heterocycles. The van der Waals surface area contributed by atoms with Gasteiger partial charge in [-0.25, -0.2) is 4.98 Å². The first-order valence-corrected chi connectivity index (χ1v) is 8.76. The second kappa shape index (κ2) is 12.2. The van der Waals surface area contributed by atoms with Gasteiger partial charge in [0.15, 0.2) is 12.6 Å². The van der Waals surface area contributed by atoms with E-state index in [1.165, 1.54) is 6.33 Å². The number of hydrogen-bond acceptors (Lipinski definition) is 5. The molecule has 0 spiro atoms. The molecule has 0 saturated carbocycles. The number of hydrogen-bond donors (Lipinski definition) is 2. The number of guanidine groups is 1. The molecule has 0 radical (unpaired) electrons. The van der Waals surface area contributed by atoms with Crippen LogP contribution >= 0.6 is 24.0 Å². The molecule has 0 unspecified atom stereocenters. The highest BCUT2D eigenvalue weighted by Gasteiger charge is 2.10. The van der Waals surface area contributed by atoms with Crippen molar-refractivity contribution in [3.05, 3.63) is 42.0 Å². The summed E-state index contributed by atoms with van der Waals surface area (Å²) in [4.78, 5) is 22.0. The molecule has 1 aromatic carbocycles. The van der Waals surface area contributed by atoms with Crippen LogP contribution in [0.4, 0.5) is 0 Å². The monoisotopic (exact) mass is 501 g/mol. The number of aryl methyl sites for hydroxylation is 1. The maximum Gasteiger partial charge on any atom is 0.257 e. The van der Waals surface area contributed by atoms with Crippen molar-refractivity contribution in [1.29, 1.82) is 0 Å². The summed E-state index contributed by atoms with van der Waals surface area (Å²) >= 11 is 0. The fraction of sp³-hybridized carbons (Fsp3) is 0.444. The van der Waals surface area contributed by atoms with E-state index in [9.17, 15) is 4.79 Å². The highest BCUT2D eigenvalue weighted by molar-refractivity contribution is 14.0. The normalized spacial score (nSPS) is 10.8. The van der Waals surface area contributed by atoms with Crippen molar-refractivity contribution >= 4 is 35.8 Å². The predicted molar refractivity (Wildman–Crippen MR) is 119 cm³/mol. The highest BCUT2D eigenvalue weighted by Crippen LogP contribution is 2.13. The first-order chi connectivity index (χ1) is 13.0. The maximum absolute atomic E-state index is 11.5. The summed E-state index contributed by atoms with van der Waals surface area (Å²) in [5, 5.41) is 10.1. The zero-order valence-electron chi connectivity index (χ0n) is 16.7. The first kappa shape index (κ1) is 23.7. The SMILES string of the molecule is CCNC(=O)COc1cccc(CNC(=NC)N(C)Cc2ncnn2C)c1.I. The van der Waals surface area contributed by atoms with Gasteiger partial charge in [0, 0.05) is 34.2 Å². The molecule has 0 aliphatic carbocycles. The van der Waals surface area contributed by atoms with Gasteiger partial charge in [-0.05, 0) is 24.6 Å². The molecule has 2 rings (SSSR count). The molecule has 10 heteroatoms. The van der Waals surface area contributed by atoms with Gasteiger partial charge in [0.05, 0.1) is 6.54 Å². The Morgan fingerprint density at radius 3 is 2.79 bits per heavy atom. The molecule has 1 amide bonds. The van der Waals surface area contributed by atoms with Crippen molar-refractivity contribution in [3.63, 3.8) is 0 Å². The minimum atomic E-state index is -0.133. The van der Waals surface area contributed by atoms with Crippen LogP contribution in [-0.4, -0.2) is 58.8 Å². The number of likely N-dealkylation sites (N-methyl/N-ethyl adjacent to an activating group) is 1. The summed E-state index contributed by atoms with van der Waals surface area (Å²) in [6.07, 6.45) is 1.53. The molecule has 0 bridgehead atoms. The van der Waals surface area contributed by atoms with Crippen LogP contribution in [0.2, 0.25) is 0 Å². The summed E-state index contributed by atoms with van der Waals surface area (Å²) < 4.78 is 7.26. The molecule has 0 atom stereocenters. The number of amides is 1. The number of benzene rings is 1. The summed E-state index contributed by atoms with van der Waals surface area (Å²) in [7, 11) is 5.54. The predicted octanol–water partition coefficient (Wildman–Crippen LogP) is 1.16. The van der Waals surface area contributed by atoms with E-state index in [1.54, 1.807) is 11.7 Å². The molecule has 9 nitrogen and oxygen atoms in total. The minimum absolute atomic E-state index is 0. The Bertz CT molecular complexity index is 779. The number of carbonyl (C=O) groups is 1. The van der Waals surface area contributed by atoms with Gasteiger partial charge in [-0.2, -0.15) is 5.10 Å². The van der Waals surface area contributed by atoms with E-state index in [2.05, 4.69) is 25.7 Å². The number of aliphatic imine (C=N–C) groups is 1. The first-order valence-electron chi connectivity index (χ1n) is 8.76. The summed E-state index contributed by atoms with van der Waals surface area (Å²) in [6, 6.07) is 7.62. The zero-order valence-corrected chi connectivity index (χ0v) is 19.0. The van der Waals surface area contributed by atoms with Crippen molar-refractivity contribution in [2.75, 3.05) is 27.2 Å². The van der Waals surface area contributed by atoms with E-state index >= 15 is 0 Å². The average molecular weight is 501 g/mol. The lowest BCUT2D eigenvalue weighted by Crippen LogP contribution is -2.38. The third-order valence-corrected chi connectivity index (χ3v) is 3.85. The van der Waals surface area contributed by atoms with Crippen LogP contribution in [0.15, 0.2) is 35.6 Å². The average Bonchev–Trinajstić information content (AvgIpc) is 3.06. The van der Waals surface area contributed by atoms with E-state index in [0.717, 1.165) is 17.3 Å². The number of rotatable bonds is 8. The molecular weight excluding hydrogens is 473 g/mol. The second-order valence-corrected chi connectivity index (χ2v) is 5.95. The molecule has 0 saturated heterocycles. The fourth-order valence-corrected chi connectivity index (χ4v) is 2.46. The van der Waals surface area contributed by atoms with Gasteiger partial charge in [0.2, 0.25) is 0 Å². The van der Waals surface area contributed by atoms with Crippen molar-refractivity contribution < 1.29 is 9.53 Å². The smallest absolute Gasteiger partial charge is 0.257 e. The van der Waals surface area contributed by atoms with Gasteiger partial charge in [-0.15, -0.1) is 24.0 Å². The third-order valence-electron chi connectivity index (χ3n) is 3.85. The van der Waals surface area contributed by atoms with Gasteiger partial charge < -0.3 is 20.3 Å². The van der Waals surface area contributed by atoms with Crippen LogP contribution in [0, 0.1) is 0 Å². The van der Waals surface area contributed by atoms with E-state index in [-0.39, 0.29) is 36.5 Å². The van der Waals surface area contributed by atoms with Crippen LogP contribution in [0.25, 0.3) is 0 Å². The van der Waals surface area contributed by atoms with Crippen molar-refractivity contribution in [2.24, 2.45) is 12.0 Å². The van der Waals surface area contributed by atoms with Crippen LogP contribution in [-0.2, 0) is 24.9 Å². The molecular formula is C18H28IN7O2. The lowest BCUT2D eigenvalue weighted by atomic mass is 10.2. The number of nitrogens with one attached hydrogen (secondary N) is 2. The molecule has 1 heterocycles. The van der Waals surface area contributed by atoms with Gasteiger partial charge in [0.1, 0.15) is 17.9 Å². The molecule has 2 N–H and O–H groups in total. The zero-order chi connectivity index (χ0) is 19.6. The molecule has 154 valence electrons. The van der Waals surface area contributed by atoms with Crippen LogP contribution in [0.5, 0.6) is 5.75 Å². The Balaban J connectivity index is 0.00000392. The van der Waals surface area contributed by atoms with E-state index < -0.39 is 0 Å². The van der Waals surface area contributed by atoms with Gasteiger partial charge in [-0.1, -0.05) is 12.1 Å². The van der Waals surface area contributed by atoms with E-state index in [4.69, 9.17) is 4.74 Å². The third kappa shape index (κ3) is 7.33. The number of carbonyl (C=O) groups excluding carboxylic acids is 1. The van der Waals surface area contributed by atoms with E-state index in [0.29, 0.717) is 25.4 Å². The molecule has 1 aromatic heterocycles. The standard InChI is InChI=1S/C18H27N7O2.HI/c1-5-20-17(26)12-27-15-8-6-7-14(9-15)10-21-18(19-2)24(3)11-16-22-13-23-25(16)4;/h6-9,13H,5,10-12H2,1-4H3,(H,19,21)(H,20,26);1H. The molecule has 0 aliphatic rings. The van der Waals surface area contributed by atoms with Gasteiger partial charge in [-0.3, -0.25) is 14.5 Å². The van der Waals surface area contributed by atoms with E-state index in [1.807, 2.05) is 50.2 Å². The second-order valence-electron chi connectivity index (χ2n) is 5.95. The lowest BCUT2D eigenvalue weighted by Gasteiger charge is -2.21. The Labute approximate surface area is 182 Å². The van der Waals surface area contributed by atoms with Crippen LogP contribution in [0.1, 0.15) is 18.3 Å². The summed E-state index contributed by atoms with van der Waals surface area (Å²) in [5.74, 6) is 2.11. The number of halogens is 1. The number of aromatic nitrogens is 3. The Morgan fingerprint density at radius 1 is 1.36 bits per heavy atom. The summed E-state index contributed by atoms with van der Waals surface area (Å²) in [5.41, 5.74) is 1.02. The van der Waals surface area contributed by atoms with Gasteiger partial charge >= 0.3 is 0 Å². The topological polar surface area (TPSA) is 96.7 Å². The van der Waals surface area contributed by atoms with Gasteiger partial charge in [0.25, 0.3) is 5.91 Å². The highest BCUT2D eigenvalue weighted by atomic mass is 127. The minimum Gasteiger partial charge on any atom is -0.484 e. The van der Waals surface area contributed by atoms with Crippen LogP contribution < -0.4 is 15.4 Å². The molecule has 2 aromatic rings. The largest absolute Gasteiger partial charge is 0.484 e. The quantitative estimate of drug-likeness (QED) is 0.320. The Hall–Kier alpha value is -2.37. The number of nitrogens with zero attached hydrogens (tertiary/aromatic N) is 5. The Morgan fingerprint density at radius 2 is 2.14 bits per heavy atom. The fourth-order valence-electron chi connectivity index (χ4n) is 2.46.